The molecule has 0 aromatic heterocycles. The van der Waals surface area contributed by atoms with Crippen LogP contribution in [-0.2, 0) is 17.6 Å². The van der Waals surface area contributed by atoms with Crippen molar-refractivity contribution in [2.45, 2.75) is 45.1 Å². The number of carbonyl (C=O) groups excluding carboxylic acids is 1. The smallest absolute Gasteiger partial charge is 0.271 e. The Morgan fingerprint density at radius 3 is 2.68 bits per heavy atom. The van der Waals surface area contributed by atoms with Gasteiger partial charge < -0.3 is 10.6 Å². The minimum Gasteiger partial charge on any atom is -0.359 e. The molecule has 1 aliphatic rings. The molecule has 7 nitrogen and oxygen atoms in total. The topological polar surface area (TPSA) is 108 Å². The largest absolute Gasteiger partial charge is 0.359 e. The number of nitro benzene ring substituents is 1. The number of anilines is 1. The monoisotopic (exact) mass is 438 g/mol. The Bertz CT molecular complexity index is 1070. The first-order valence-electron chi connectivity index (χ1n) is 10.2. The fourth-order valence-electron chi connectivity index (χ4n) is 3.66. The van der Waals surface area contributed by atoms with E-state index < -0.39 is 10.8 Å². The molecule has 0 fully saturated rings. The summed E-state index contributed by atoms with van der Waals surface area (Å²) in [5, 5.41) is 26.3. The summed E-state index contributed by atoms with van der Waals surface area (Å²) >= 11 is 6.05. The van der Waals surface area contributed by atoms with Crippen LogP contribution in [0, 0.1) is 21.4 Å². The van der Waals surface area contributed by atoms with Crippen molar-refractivity contribution in [2.75, 3.05) is 5.32 Å². The van der Waals surface area contributed by atoms with Crippen molar-refractivity contribution in [1.29, 1.82) is 5.26 Å². The van der Waals surface area contributed by atoms with Crippen LogP contribution in [0.3, 0.4) is 0 Å². The fraction of sp³-hybridized carbons (Fsp3) is 0.304. The highest BCUT2D eigenvalue weighted by Gasteiger charge is 2.18. The molecule has 0 saturated carbocycles. The third-order valence-corrected chi connectivity index (χ3v) is 5.72. The van der Waals surface area contributed by atoms with Crippen molar-refractivity contribution in [3.63, 3.8) is 0 Å². The molecule has 0 spiro atoms. The first kappa shape index (κ1) is 22.3. The van der Waals surface area contributed by atoms with Crippen molar-refractivity contribution in [2.24, 2.45) is 0 Å². The Hall–Kier alpha value is -3.37. The van der Waals surface area contributed by atoms with E-state index in [0.717, 1.165) is 18.4 Å². The number of nitriles is 1. The molecule has 0 aliphatic heterocycles. The van der Waals surface area contributed by atoms with Crippen molar-refractivity contribution >= 4 is 28.9 Å². The highest BCUT2D eigenvalue weighted by molar-refractivity contribution is 6.33. The summed E-state index contributed by atoms with van der Waals surface area (Å²) in [5.74, 6) is -0.527. The van der Waals surface area contributed by atoms with Gasteiger partial charge in [-0.1, -0.05) is 36.7 Å². The van der Waals surface area contributed by atoms with Crippen LogP contribution in [0.5, 0.6) is 0 Å². The first-order chi connectivity index (χ1) is 14.9. The highest BCUT2D eigenvalue weighted by atomic mass is 35.5. The van der Waals surface area contributed by atoms with Crippen LogP contribution in [0.15, 0.2) is 48.2 Å². The zero-order chi connectivity index (χ0) is 22.4. The van der Waals surface area contributed by atoms with Gasteiger partial charge in [0.1, 0.15) is 11.6 Å². The highest BCUT2D eigenvalue weighted by Crippen LogP contribution is 2.28. The van der Waals surface area contributed by atoms with Gasteiger partial charge in [0.05, 0.1) is 21.7 Å². The van der Waals surface area contributed by atoms with E-state index in [0.29, 0.717) is 6.42 Å². The first-order valence-corrected chi connectivity index (χ1v) is 10.5. The molecule has 2 N–H and O–H groups in total. The normalized spacial score (nSPS) is 14.2. The van der Waals surface area contributed by atoms with Crippen LogP contribution in [0.2, 0.25) is 5.02 Å². The van der Waals surface area contributed by atoms with Gasteiger partial charge in [-0.25, -0.2) is 0 Å². The molecule has 1 amide bonds. The number of aryl methyl sites for hydroxylation is 2. The molecule has 0 bridgehead atoms. The second-order valence-electron chi connectivity index (χ2n) is 7.40. The molecular weight excluding hydrogens is 416 g/mol. The van der Waals surface area contributed by atoms with Gasteiger partial charge in [-0.15, -0.1) is 0 Å². The Kier molecular flexibility index (Phi) is 7.27. The molecular formula is C23H23ClN4O3. The number of hydrogen-bond donors (Lipinski definition) is 2. The zero-order valence-corrected chi connectivity index (χ0v) is 17.9. The third-order valence-electron chi connectivity index (χ3n) is 5.39. The van der Waals surface area contributed by atoms with Crippen molar-refractivity contribution in [3.8, 4) is 6.07 Å². The molecule has 0 saturated heterocycles. The maximum Gasteiger partial charge on any atom is 0.271 e. The number of rotatable bonds is 7. The molecule has 0 heterocycles. The minimum atomic E-state index is -0.548. The molecule has 160 valence electrons. The van der Waals surface area contributed by atoms with Crippen LogP contribution >= 0.6 is 11.6 Å². The molecule has 2 aromatic rings. The summed E-state index contributed by atoms with van der Waals surface area (Å²) in [4.78, 5) is 23.1. The number of nitrogens with one attached hydrogen (secondary N) is 2. The number of non-ortho nitro benzene ring substituents is 1. The SMILES string of the molecule is CCC(NC(=O)/C(C#N)=C\Nc1cc([N+](=O)[O-])ccc1Cl)c1ccc2c(c1)CCCC2. The Labute approximate surface area is 185 Å². The summed E-state index contributed by atoms with van der Waals surface area (Å²) in [5.41, 5.74) is 3.64. The Morgan fingerprint density at radius 2 is 2.00 bits per heavy atom. The van der Waals surface area contributed by atoms with E-state index in [1.165, 1.54) is 48.4 Å². The number of nitrogens with zero attached hydrogens (tertiary/aromatic N) is 2. The predicted molar refractivity (Wildman–Crippen MR) is 120 cm³/mol. The third kappa shape index (κ3) is 5.41. The molecule has 1 atom stereocenters. The summed E-state index contributed by atoms with van der Waals surface area (Å²) in [6.45, 7) is 1.97. The maximum atomic E-state index is 12.7. The van der Waals surface area contributed by atoms with Crippen LogP contribution in [-0.4, -0.2) is 10.8 Å². The molecule has 1 unspecified atom stereocenters. The lowest BCUT2D eigenvalue weighted by Crippen LogP contribution is -2.29. The molecule has 1 aliphatic carbocycles. The standard InChI is InChI=1S/C23H23ClN4O3/c1-2-21(17-8-7-15-5-3-4-6-16(15)11-17)27-23(29)18(13-25)14-26-22-12-19(28(30)31)9-10-20(22)24/h7-12,14,21,26H,2-6H2,1H3,(H,27,29)/b18-14-. The zero-order valence-electron chi connectivity index (χ0n) is 17.2. The van der Waals surface area contributed by atoms with E-state index in [4.69, 9.17) is 11.6 Å². The van der Waals surface area contributed by atoms with Gasteiger partial charge in [-0.05, 0) is 54.9 Å². The van der Waals surface area contributed by atoms with Gasteiger partial charge in [-0.2, -0.15) is 5.26 Å². The summed E-state index contributed by atoms with van der Waals surface area (Å²) in [6, 6.07) is 11.9. The van der Waals surface area contributed by atoms with E-state index >= 15 is 0 Å². The number of amides is 1. The van der Waals surface area contributed by atoms with Crippen molar-refractivity contribution in [3.05, 3.63) is 80.0 Å². The number of carbonyl (C=O) groups is 1. The number of hydrogen-bond acceptors (Lipinski definition) is 5. The lowest BCUT2D eigenvalue weighted by Gasteiger charge is -2.21. The number of benzene rings is 2. The van der Waals surface area contributed by atoms with Crippen LogP contribution in [0.4, 0.5) is 11.4 Å². The minimum absolute atomic E-state index is 0.151. The van der Waals surface area contributed by atoms with Gasteiger partial charge in [-0.3, -0.25) is 14.9 Å². The number of fused-ring (bicyclic) bond motifs is 1. The average molecular weight is 439 g/mol. The second kappa shape index (κ2) is 10.1. The van der Waals surface area contributed by atoms with E-state index in [1.807, 2.05) is 19.1 Å². The van der Waals surface area contributed by atoms with Gasteiger partial charge in [0.15, 0.2) is 0 Å². The summed E-state index contributed by atoms with van der Waals surface area (Å²) in [6.07, 6.45) is 6.40. The Morgan fingerprint density at radius 1 is 1.26 bits per heavy atom. The van der Waals surface area contributed by atoms with Gasteiger partial charge in [0, 0.05) is 18.3 Å². The summed E-state index contributed by atoms with van der Waals surface area (Å²) in [7, 11) is 0. The molecule has 31 heavy (non-hydrogen) atoms. The van der Waals surface area contributed by atoms with Crippen LogP contribution < -0.4 is 10.6 Å². The quantitative estimate of drug-likeness (QED) is 0.267. The van der Waals surface area contributed by atoms with E-state index in [-0.39, 0.29) is 28.0 Å². The van der Waals surface area contributed by atoms with Crippen LogP contribution in [0.1, 0.15) is 48.9 Å². The molecule has 2 aromatic carbocycles. The predicted octanol–water partition coefficient (Wildman–Crippen LogP) is 5.21. The number of nitro groups is 1. The van der Waals surface area contributed by atoms with E-state index in [1.54, 1.807) is 0 Å². The van der Waals surface area contributed by atoms with Crippen molar-refractivity contribution < 1.29 is 9.72 Å². The lowest BCUT2D eigenvalue weighted by atomic mass is 9.88. The Balaban J connectivity index is 1.75. The second-order valence-corrected chi connectivity index (χ2v) is 7.81. The molecule has 0 radical (unpaired) electrons. The molecule has 3 rings (SSSR count). The van der Waals surface area contributed by atoms with Gasteiger partial charge in [0.25, 0.3) is 11.6 Å². The average Bonchev–Trinajstić information content (AvgIpc) is 2.78. The van der Waals surface area contributed by atoms with Gasteiger partial charge in [0.2, 0.25) is 0 Å². The van der Waals surface area contributed by atoms with Crippen LogP contribution in [0.25, 0.3) is 0 Å². The number of halogens is 1. The molecule has 8 heteroatoms. The van der Waals surface area contributed by atoms with E-state index in [9.17, 15) is 20.2 Å². The van der Waals surface area contributed by atoms with Crippen molar-refractivity contribution in [1.82, 2.24) is 5.32 Å². The maximum absolute atomic E-state index is 12.7. The fourth-order valence-corrected chi connectivity index (χ4v) is 3.84. The van der Waals surface area contributed by atoms with E-state index in [2.05, 4.69) is 22.8 Å². The summed E-state index contributed by atoms with van der Waals surface area (Å²) < 4.78 is 0. The van der Waals surface area contributed by atoms with Gasteiger partial charge >= 0.3 is 0 Å². The lowest BCUT2D eigenvalue weighted by molar-refractivity contribution is -0.384.